The summed E-state index contributed by atoms with van der Waals surface area (Å²) in [6.07, 6.45) is 1.17. The lowest BCUT2D eigenvalue weighted by molar-refractivity contribution is -0.140. The average Bonchev–Trinajstić information content (AvgIpc) is 3.31. The van der Waals surface area contributed by atoms with Crippen LogP contribution >= 0.6 is 0 Å². The Bertz CT molecular complexity index is 1030. The number of carbonyl (C=O) groups is 2. The summed E-state index contributed by atoms with van der Waals surface area (Å²) in [5.41, 5.74) is 1.37. The first-order valence-electron chi connectivity index (χ1n) is 9.80. The maximum absolute atomic E-state index is 14.7. The topological polar surface area (TPSA) is 76.1 Å². The summed E-state index contributed by atoms with van der Waals surface area (Å²) in [5, 5.41) is 11.0. The highest BCUT2D eigenvalue weighted by Crippen LogP contribution is 2.41. The van der Waals surface area contributed by atoms with Crippen LogP contribution in [0.1, 0.15) is 29.2 Å². The molecule has 1 unspecified atom stereocenters. The molecule has 2 aliphatic heterocycles. The van der Waals surface area contributed by atoms with Crippen molar-refractivity contribution in [3.63, 3.8) is 0 Å². The van der Waals surface area contributed by atoms with Crippen molar-refractivity contribution in [3.05, 3.63) is 70.5 Å². The highest BCUT2D eigenvalue weighted by atomic mass is 19.1. The third-order valence-electron chi connectivity index (χ3n) is 5.45. The molecular formula is C23H22FNO5. The van der Waals surface area contributed by atoms with Gasteiger partial charge in [0.25, 0.3) is 11.7 Å². The second-order valence-corrected chi connectivity index (χ2v) is 7.28. The summed E-state index contributed by atoms with van der Waals surface area (Å²) in [4.78, 5) is 27.0. The van der Waals surface area contributed by atoms with Gasteiger partial charge in [-0.15, -0.1) is 0 Å². The number of aliphatic hydroxyl groups is 1. The van der Waals surface area contributed by atoms with Crippen LogP contribution < -0.4 is 4.74 Å². The van der Waals surface area contributed by atoms with E-state index in [0.717, 1.165) is 11.3 Å². The van der Waals surface area contributed by atoms with Gasteiger partial charge in [0.2, 0.25) is 0 Å². The number of rotatable bonds is 6. The van der Waals surface area contributed by atoms with Crippen LogP contribution in [0.2, 0.25) is 0 Å². The van der Waals surface area contributed by atoms with Crippen molar-refractivity contribution in [2.24, 2.45) is 0 Å². The summed E-state index contributed by atoms with van der Waals surface area (Å²) in [7, 11) is 1.54. The van der Waals surface area contributed by atoms with Crippen LogP contribution in [-0.4, -0.2) is 48.6 Å². The minimum absolute atomic E-state index is 0.110. The molecule has 0 spiro atoms. The Morgan fingerprint density at radius 3 is 2.83 bits per heavy atom. The van der Waals surface area contributed by atoms with Gasteiger partial charge in [-0.3, -0.25) is 9.59 Å². The summed E-state index contributed by atoms with van der Waals surface area (Å²) < 4.78 is 25.2. The van der Waals surface area contributed by atoms with E-state index in [4.69, 9.17) is 9.47 Å². The Morgan fingerprint density at radius 2 is 2.07 bits per heavy atom. The molecule has 1 atom stereocenters. The predicted octanol–water partition coefficient (Wildman–Crippen LogP) is 3.22. The normalized spacial score (nSPS) is 19.8. The zero-order valence-electron chi connectivity index (χ0n) is 16.6. The highest BCUT2D eigenvalue weighted by Gasteiger charge is 2.46. The van der Waals surface area contributed by atoms with E-state index in [1.807, 2.05) is 0 Å². The largest absolute Gasteiger partial charge is 0.507 e. The van der Waals surface area contributed by atoms with Crippen LogP contribution in [-0.2, 0) is 20.7 Å². The van der Waals surface area contributed by atoms with Gasteiger partial charge in [-0.25, -0.2) is 4.39 Å². The lowest BCUT2D eigenvalue weighted by atomic mass is 9.94. The summed E-state index contributed by atoms with van der Waals surface area (Å²) in [6.45, 7) is 1.14. The molecule has 0 aliphatic carbocycles. The second kappa shape index (κ2) is 8.28. The summed E-state index contributed by atoms with van der Waals surface area (Å²) >= 11 is 0. The smallest absolute Gasteiger partial charge is 0.295 e. The molecule has 1 fully saturated rings. The molecule has 2 heterocycles. The van der Waals surface area contributed by atoms with Crippen LogP contribution in [0.3, 0.4) is 0 Å². The standard InChI is InChI=1S/C23H22FNO5/c1-29-11-4-10-25-20(16-5-2-3-6-17(16)24)19(22(27)23(25)28)21(26)15-7-8-18-14(13-15)9-12-30-18/h2-3,5-8,13,20,26H,4,9-12H2,1H3/b21-19+. The number of amides is 1. The fraction of sp³-hybridized carbons (Fsp3) is 0.304. The molecule has 0 aromatic heterocycles. The number of ketones is 1. The summed E-state index contributed by atoms with van der Waals surface area (Å²) in [5.74, 6) is -1.71. The third kappa shape index (κ3) is 3.45. The number of halogens is 1. The van der Waals surface area contributed by atoms with Crippen LogP contribution in [0.15, 0.2) is 48.0 Å². The Labute approximate surface area is 173 Å². The van der Waals surface area contributed by atoms with E-state index in [9.17, 15) is 19.1 Å². The van der Waals surface area contributed by atoms with Crippen molar-refractivity contribution in [3.8, 4) is 5.75 Å². The van der Waals surface area contributed by atoms with Crippen molar-refractivity contribution < 1.29 is 28.6 Å². The third-order valence-corrected chi connectivity index (χ3v) is 5.45. The molecule has 0 saturated carbocycles. The molecule has 0 bridgehead atoms. The minimum Gasteiger partial charge on any atom is -0.507 e. The lowest BCUT2D eigenvalue weighted by Gasteiger charge is -2.25. The zero-order chi connectivity index (χ0) is 21.3. The molecule has 1 saturated heterocycles. The number of carbonyl (C=O) groups excluding carboxylic acids is 2. The van der Waals surface area contributed by atoms with E-state index in [1.54, 1.807) is 31.4 Å². The van der Waals surface area contributed by atoms with Crippen molar-refractivity contribution in [1.82, 2.24) is 4.90 Å². The second-order valence-electron chi connectivity index (χ2n) is 7.28. The molecule has 156 valence electrons. The molecule has 1 amide bonds. The maximum Gasteiger partial charge on any atom is 0.295 e. The van der Waals surface area contributed by atoms with E-state index in [1.165, 1.54) is 23.1 Å². The Balaban J connectivity index is 1.83. The first-order valence-corrected chi connectivity index (χ1v) is 9.80. The van der Waals surface area contributed by atoms with Gasteiger partial charge in [0, 0.05) is 37.8 Å². The number of Topliss-reactive ketones (excluding diaryl/α,β-unsaturated/α-hetero) is 1. The number of fused-ring (bicyclic) bond motifs is 1. The first kappa shape index (κ1) is 20.1. The number of hydrogen-bond donors (Lipinski definition) is 1. The fourth-order valence-corrected chi connectivity index (χ4v) is 4.00. The predicted molar refractivity (Wildman–Crippen MR) is 108 cm³/mol. The van der Waals surface area contributed by atoms with Gasteiger partial charge in [0.15, 0.2) is 0 Å². The molecule has 4 rings (SSSR count). The number of methoxy groups -OCH3 is 1. The van der Waals surface area contributed by atoms with Crippen LogP contribution in [0, 0.1) is 5.82 Å². The van der Waals surface area contributed by atoms with E-state index in [-0.39, 0.29) is 23.4 Å². The number of hydrogen-bond acceptors (Lipinski definition) is 5. The van der Waals surface area contributed by atoms with Gasteiger partial charge in [-0.2, -0.15) is 0 Å². The molecule has 6 nitrogen and oxygen atoms in total. The Kier molecular flexibility index (Phi) is 5.55. The molecule has 1 N–H and O–H groups in total. The van der Waals surface area contributed by atoms with Crippen molar-refractivity contribution in [1.29, 1.82) is 0 Å². The number of aliphatic hydroxyl groups excluding tert-OH is 1. The van der Waals surface area contributed by atoms with Gasteiger partial charge in [0.1, 0.15) is 17.3 Å². The summed E-state index contributed by atoms with van der Waals surface area (Å²) in [6, 6.07) is 10.1. The molecule has 2 aliphatic rings. The van der Waals surface area contributed by atoms with Crippen molar-refractivity contribution >= 4 is 17.4 Å². The van der Waals surface area contributed by atoms with Crippen LogP contribution in [0.4, 0.5) is 4.39 Å². The van der Waals surface area contributed by atoms with Gasteiger partial charge in [-0.1, -0.05) is 18.2 Å². The zero-order valence-corrected chi connectivity index (χ0v) is 16.6. The molecule has 2 aromatic rings. The quantitative estimate of drug-likeness (QED) is 0.342. The van der Waals surface area contributed by atoms with Gasteiger partial charge in [-0.05, 0) is 36.2 Å². The van der Waals surface area contributed by atoms with Crippen LogP contribution in [0.5, 0.6) is 5.75 Å². The Hall–Kier alpha value is -3.19. The molecule has 30 heavy (non-hydrogen) atoms. The minimum atomic E-state index is -1.01. The van der Waals surface area contributed by atoms with E-state index < -0.39 is 23.5 Å². The molecule has 7 heteroatoms. The number of nitrogens with zero attached hydrogens (tertiary/aromatic N) is 1. The maximum atomic E-state index is 14.7. The first-order chi connectivity index (χ1) is 14.5. The average molecular weight is 411 g/mol. The van der Waals surface area contributed by atoms with E-state index in [2.05, 4.69) is 0 Å². The number of ether oxygens (including phenoxy) is 2. The fourth-order valence-electron chi connectivity index (χ4n) is 4.00. The molecule has 2 aromatic carbocycles. The molecular weight excluding hydrogens is 389 g/mol. The van der Waals surface area contributed by atoms with Gasteiger partial charge in [0.05, 0.1) is 18.2 Å². The lowest BCUT2D eigenvalue weighted by Crippen LogP contribution is -2.31. The van der Waals surface area contributed by atoms with E-state index >= 15 is 0 Å². The van der Waals surface area contributed by atoms with Crippen molar-refractivity contribution in [2.75, 3.05) is 26.9 Å². The monoisotopic (exact) mass is 411 g/mol. The van der Waals surface area contributed by atoms with Gasteiger partial charge < -0.3 is 19.5 Å². The highest BCUT2D eigenvalue weighted by molar-refractivity contribution is 6.46. The number of likely N-dealkylation sites (tertiary alicyclic amines) is 1. The van der Waals surface area contributed by atoms with E-state index in [0.29, 0.717) is 31.6 Å². The van der Waals surface area contributed by atoms with Crippen molar-refractivity contribution in [2.45, 2.75) is 18.9 Å². The Morgan fingerprint density at radius 1 is 1.27 bits per heavy atom. The SMILES string of the molecule is COCCCN1C(=O)C(=O)/C(=C(/O)c2ccc3c(c2)CCO3)C1c1ccccc1F. The molecule has 0 radical (unpaired) electrons. The van der Waals surface area contributed by atoms with Gasteiger partial charge >= 0.3 is 0 Å². The van der Waals surface area contributed by atoms with Crippen LogP contribution in [0.25, 0.3) is 5.76 Å². The number of benzene rings is 2.